The average Bonchev–Trinajstić information content (AvgIpc) is 2.63. The molecule has 28 heavy (non-hydrogen) atoms. The van der Waals surface area contributed by atoms with Gasteiger partial charge in [-0.3, -0.25) is 9.52 Å². The molecule has 1 amide bonds. The molecule has 0 radical (unpaired) electrons. The van der Waals surface area contributed by atoms with Crippen molar-refractivity contribution in [2.75, 3.05) is 17.9 Å². The SMILES string of the molecule is Cc1ccc(S(=O)(=O)Nc2cc(C(=O)NCCCOC(C)C)ccc2C)cc1. The van der Waals surface area contributed by atoms with Crippen molar-refractivity contribution < 1.29 is 17.9 Å². The molecule has 0 atom stereocenters. The summed E-state index contributed by atoms with van der Waals surface area (Å²) in [6.45, 7) is 8.67. The molecule has 0 aromatic heterocycles. The summed E-state index contributed by atoms with van der Waals surface area (Å²) in [5.74, 6) is -0.250. The van der Waals surface area contributed by atoms with E-state index in [4.69, 9.17) is 4.74 Å². The fourth-order valence-electron chi connectivity index (χ4n) is 2.49. The molecule has 0 aliphatic rings. The maximum absolute atomic E-state index is 12.6. The largest absolute Gasteiger partial charge is 0.379 e. The molecule has 0 unspecified atom stereocenters. The number of hydrogen-bond donors (Lipinski definition) is 2. The molecule has 2 aromatic carbocycles. The van der Waals surface area contributed by atoms with E-state index in [0.29, 0.717) is 30.8 Å². The van der Waals surface area contributed by atoms with Gasteiger partial charge in [-0.05, 0) is 63.9 Å². The van der Waals surface area contributed by atoms with Crippen LogP contribution in [-0.4, -0.2) is 33.6 Å². The van der Waals surface area contributed by atoms with E-state index < -0.39 is 10.0 Å². The number of aryl methyl sites for hydroxylation is 2. The van der Waals surface area contributed by atoms with Crippen molar-refractivity contribution in [1.29, 1.82) is 0 Å². The Hall–Kier alpha value is -2.38. The highest BCUT2D eigenvalue weighted by Gasteiger charge is 2.16. The molecule has 2 rings (SSSR count). The van der Waals surface area contributed by atoms with Crippen molar-refractivity contribution in [3.8, 4) is 0 Å². The summed E-state index contributed by atoms with van der Waals surface area (Å²) in [4.78, 5) is 12.5. The number of anilines is 1. The van der Waals surface area contributed by atoms with Gasteiger partial charge in [-0.2, -0.15) is 0 Å². The predicted octanol–water partition coefficient (Wildman–Crippen LogP) is 3.65. The van der Waals surface area contributed by atoms with Gasteiger partial charge in [-0.25, -0.2) is 8.42 Å². The number of ether oxygens (including phenoxy) is 1. The quantitative estimate of drug-likeness (QED) is 0.625. The highest BCUT2D eigenvalue weighted by atomic mass is 32.2. The van der Waals surface area contributed by atoms with Crippen LogP contribution < -0.4 is 10.0 Å². The van der Waals surface area contributed by atoms with Crippen molar-refractivity contribution in [1.82, 2.24) is 5.32 Å². The fraction of sp³-hybridized carbons (Fsp3) is 0.381. The Morgan fingerprint density at radius 3 is 2.39 bits per heavy atom. The molecule has 152 valence electrons. The third-order valence-corrected chi connectivity index (χ3v) is 5.51. The average molecular weight is 405 g/mol. The summed E-state index contributed by atoms with van der Waals surface area (Å²) in [6.07, 6.45) is 0.875. The normalized spacial score (nSPS) is 11.5. The molecule has 0 heterocycles. The zero-order valence-electron chi connectivity index (χ0n) is 16.8. The minimum atomic E-state index is -3.73. The predicted molar refractivity (Wildman–Crippen MR) is 111 cm³/mol. The first kappa shape index (κ1) is 21.9. The Balaban J connectivity index is 2.06. The summed E-state index contributed by atoms with van der Waals surface area (Å²) in [6, 6.07) is 11.6. The van der Waals surface area contributed by atoms with Crippen LogP contribution in [0, 0.1) is 13.8 Å². The van der Waals surface area contributed by atoms with Crippen LogP contribution in [0.2, 0.25) is 0 Å². The number of carbonyl (C=O) groups excluding carboxylic acids is 1. The Labute approximate surface area is 167 Å². The lowest BCUT2D eigenvalue weighted by molar-refractivity contribution is 0.0757. The number of amides is 1. The van der Waals surface area contributed by atoms with Crippen LogP contribution in [0.5, 0.6) is 0 Å². The minimum absolute atomic E-state index is 0.164. The number of benzene rings is 2. The van der Waals surface area contributed by atoms with Gasteiger partial charge in [-0.1, -0.05) is 23.8 Å². The van der Waals surface area contributed by atoms with Gasteiger partial charge in [0.1, 0.15) is 0 Å². The van der Waals surface area contributed by atoms with Crippen LogP contribution in [-0.2, 0) is 14.8 Å². The lowest BCUT2D eigenvalue weighted by Gasteiger charge is -2.13. The van der Waals surface area contributed by atoms with Crippen molar-refractivity contribution in [3.05, 3.63) is 59.2 Å². The van der Waals surface area contributed by atoms with Crippen LogP contribution in [0.4, 0.5) is 5.69 Å². The van der Waals surface area contributed by atoms with E-state index in [1.165, 1.54) is 0 Å². The molecule has 2 aromatic rings. The molecule has 0 bridgehead atoms. The Kier molecular flexibility index (Phi) is 7.60. The van der Waals surface area contributed by atoms with Crippen LogP contribution in [0.25, 0.3) is 0 Å². The second kappa shape index (κ2) is 9.71. The van der Waals surface area contributed by atoms with E-state index in [1.807, 2.05) is 20.8 Å². The van der Waals surface area contributed by atoms with Crippen molar-refractivity contribution in [2.24, 2.45) is 0 Å². The smallest absolute Gasteiger partial charge is 0.261 e. The van der Waals surface area contributed by atoms with Crippen LogP contribution in [0.1, 0.15) is 41.8 Å². The van der Waals surface area contributed by atoms with Crippen molar-refractivity contribution in [3.63, 3.8) is 0 Å². The first-order chi connectivity index (χ1) is 13.2. The fourth-order valence-corrected chi connectivity index (χ4v) is 3.61. The van der Waals surface area contributed by atoms with Crippen molar-refractivity contribution in [2.45, 2.75) is 45.1 Å². The minimum Gasteiger partial charge on any atom is -0.379 e. The summed E-state index contributed by atoms with van der Waals surface area (Å²) in [7, 11) is -3.73. The van der Waals surface area contributed by atoms with Gasteiger partial charge in [-0.15, -0.1) is 0 Å². The third-order valence-electron chi connectivity index (χ3n) is 4.13. The van der Waals surface area contributed by atoms with Gasteiger partial charge in [0.25, 0.3) is 15.9 Å². The third kappa shape index (κ3) is 6.35. The number of hydrogen-bond acceptors (Lipinski definition) is 4. The number of sulfonamides is 1. The topological polar surface area (TPSA) is 84.5 Å². The molecule has 2 N–H and O–H groups in total. The molecule has 0 saturated carbocycles. The van der Waals surface area contributed by atoms with Crippen LogP contribution in [0.15, 0.2) is 47.4 Å². The van der Waals surface area contributed by atoms with E-state index in [1.54, 1.807) is 49.4 Å². The second-order valence-corrected chi connectivity index (χ2v) is 8.66. The van der Waals surface area contributed by atoms with Gasteiger partial charge >= 0.3 is 0 Å². The van der Waals surface area contributed by atoms with E-state index in [9.17, 15) is 13.2 Å². The maximum atomic E-state index is 12.6. The Morgan fingerprint density at radius 2 is 1.75 bits per heavy atom. The summed E-state index contributed by atoms with van der Waals surface area (Å²) in [5, 5.41) is 2.82. The number of carbonyl (C=O) groups is 1. The van der Waals surface area contributed by atoms with Gasteiger partial charge < -0.3 is 10.1 Å². The molecule has 6 nitrogen and oxygen atoms in total. The van der Waals surface area contributed by atoms with Crippen molar-refractivity contribution >= 4 is 21.6 Å². The molecule has 0 spiro atoms. The summed E-state index contributed by atoms with van der Waals surface area (Å²) < 4.78 is 33.3. The zero-order chi connectivity index (χ0) is 20.7. The highest BCUT2D eigenvalue weighted by Crippen LogP contribution is 2.21. The molecule has 0 fully saturated rings. The lowest BCUT2D eigenvalue weighted by atomic mass is 10.1. The first-order valence-electron chi connectivity index (χ1n) is 9.29. The monoisotopic (exact) mass is 404 g/mol. The summed E-state index contributed by atoms with van der Waals surface area (Å²) >= 11 is 0. The van der Waals surface area contributed by atoms with Gasteiger partial charge in [0.05, 0.1) is 16.7 Å². The van der Waals surface area contributed by atoms with Gasteiger partial charge in [0, 0.05) is 18.7 Å². The van der Waals surface area contributed by atoms with E-state index >= 15 is 0 Å². The molecule has 0 aliphatic carbocycles. The van der Waals surface area contributed by atoms with E-state index in [-0.39, 0.29) is 16.9 Å². The molecule has 0 saturated heterocycles. The molecular formula is C21H28N2O4S. The Bertz CT molecular complexity index is 907. The maximum Gasteiger partial charge on any atom is 0.261 e. The highest BCUT2D eigenvalue weighted by molar-refractivity contribution is 7.92. The zero-order valence-corrected chi connectivity index (χ0v) is 17.6. The van der Waals surface area contributed by atoms with Crippen LogP contribution in [0.3, 0.4) is 0 Å². The van der Waals surface area contributed by atoms with Gasteiger partial charge in [0.2, 0.25) is 0 Å². The van der Waals surface area contributed by atoms with Crippen LogP contribution >= 0.6 is 0 Å². The molecule has 7 heteroatoms. The first-order valence-corrected chi connectivity index (χ1v) is 10.8. The van der Waals surface area contributed by atoms with E-state index in [0.717, 1.165) is 11.1 Å². The second-order valence-electron chi connectivity index (χ2n) is 6.98. The van der Waals surface area contributed by atoms with Gasteiger partial charge in [0.15, 0.2) is 0 Å². The Morgan fingerprint density at radius 1 is 1.07 bits per heavy atom. The molecular weight excluding hydrogens is 376 g/mol. The molecule has 0 aliphatic heterocycles. The summed E-state index contributed by atoms with van der Waals surface area (Å²) in [5.41, 5.74) is 2.50. The lowest BCUT2D eigenvalue weighted by Crippen LogP contribution is -2.26. The standard InChI is InChI=1S/C21H28N2O4S/c1-15(2)27-13-5-12-22-21(24)18-9-8-17(4)20(14-18)23-28(25,26)19-10-6-16(3)7-11-19/h6-11,14-15,23H,5,12-13H2,1-4H3,(H,22,24). The van der Waals surface area contributed by atoms with E-state index in [2.05, 4.69) is 10.0 Å². The number of rotatable bonds is 9. The number of nitrogens with one attached hydrogen (secondary N) is 2.